The largest absolute Gasteiger partial charge is 0.492 e. The summed E-state index contributed by atoms with van der Waals surface area (Å²) in [4.78, 5) is 12.1. The number of anilines is 1. The molecule has 1 aliphatic heterocycles. The molecule has 3 aromatic carbocycles. The third-order valence-electron chi connectivity index (χ3n) is 4.04. The summed E-state index contributed by atoms with van der Waals surface area (Å²) in [7, 11) is 0. The molecule has 26 heavy (non-hydrogen) atoms. The van der Waals surface area contributed by atoms with Crippen LogP contribution in [0.3, 0.4) is 0 Å². The Kier molecular flexibility index (Phi) is 4.47. The highest BCUT2D eigenvalue weighted by Crippen LogP contribution is 2.35. The Morgan fingerprint density at radius 3 is 2.81 bits per heavy atom. The first-order valence-electron chi connectivity index (χ1n) is 8.35. The third kappa shape index (κ3) is 3.49. The summed E-state index contributed by atoms with van der Waals surface area (Å²) < 4.78 is 16.2. The van der Waals surface area contributed by atoms with Gasteiger partial charge in [0.1, 0.15) is 12.4 Å². The average Bonchev–Trinajstić information content (AvgIpc) is 3.13. The molecule has 0 bridgehead atoms. The fourth-order valence-electron chi connectivity index (χ4n) is 2.80. The Morgan fingerprint density at radius 1 is 1.00 bits per heavy atom. The highest BCUT2D eigenvalue weighted by molar-refractivity contribution is 6.01. The zero-order chi connectivity index (χ0) is 17.8. The molecule has 0 fully saturated rings. The maximum Gasteiger partial charge on any atom is 0.319 e. The Balaban J connectivity index is 1.28. The molecular formula is C20H18N2O4. The molecule has 0 unspecified atom stereocenters. The first kappa shape index (κ1) is 16.1. The molecule has 6 nitrogen and oxygen atoms in total. The number of hydrogen-bond acceptors (Lipinski definition) is 4. The first-order valence-corrected chi connectivity index (χ1v) is 8.35. The van der Waals surface area contributed by atoms with Gasteiger partial charge in [0.2, 0.25) is 6.79 Å². The highest BCUT2D eigenvalue weighted by atomic mass is 16.7. The number of nitrogens with one attached hydrogen (secondary N) is 2. The van der Waals surface area contributed by atoms with Crippen LogP contribution < -0.4 is 24.8 Å². The Bertz CT molecular complexity index is 937. The van der Waals surface area contributed by atoms with E-state index in [4.69, 9.17) is 14.2 Å². The predicted octanol–water partition coefficient (Wildman–Crippen LogP) is 3.77. The number of benzene rings is 3. The van der Waals surface area contributed by atoms with E-state index in [-0.39, 0.29) is 12.8 Å². The average molecular weight is 350 g/mol. The molecule has 1 heterocycles. The number of urea groups is 1. The summed E-state index contributed by atoms with van der Waals surface area (Å²) in [5.41, 5.74) is 0.775. The second-order valence-corrected chi connectivity index (χ2v) is 5.77. The molecule has 0 spiro atoms. The SMILES string of the molecule is O=C(NCCOc1ccc2c(c1)OCO2)Nc1cccc2ccccc12. The van der Waals surface area contributed by atoms with Crippen molar-refractivity contribution in [3.05, 3.63) is 60.7 Å². The summed E-state index contributed by atoms with van der Waals surface area (Å²) >= 11 is 0. The molecule has 3 aromatic rings. The lowest BCUT2D eigenvalue weighted by Gasteiger charge is -2.11. The van der Waals surface area contributed by atoms with Crippen molar-refractivity contribution >= 4 is 22.5 Å². The number of hydrogen-bond donors (Lipinski definition) is 2. The van der Waals surface area contributed by atoms with Crippen LogP contribution in [0.25, 0.3) is 10.8 Å². The lowest BCUT2D eigenvalue weighted by atomic mass is 10.1. The van der Waals surface area contributed by atoms with E-state index < -0.39 is 0 Å². The van der Waals surface area contributed by atoms with Gasteiger partial charge in [-0.25, -0.2) is 4.79 Å². The van der Waals surface area contributed by atoms with Crippen molar-refractivity contribution in [1.82, 2.24) is 5.32 Å². The van der Waals surface area contributed by atoms with E-state index in [0.29, 0.717) is 30.4 Å². The quantitative estimate of drug-likeness (QED) is 0.687. The molecule has 132 valence electrons. The summed E-state index contributed by atoms with van der Waals surface area (Å²) in [6, 6.07) is 18.8. The van der Waals surface area contributed by atoms with Crippen LogP contribution in [0.4, 0.5) is 10.5 Å². The van der Waals surface area contributed by atoms with Crippen LogP contribution in [-0.4, -0.2) is 26.0 Å². The van der Waals surface area contributed by atoms with Crippen LogP contribution in [0.15, 0.2) is 60.7 Å². The number of carbonyl (C=O) groups excluding carboxylic acids is 1. The van der Waals surface area contributed by atoms with Gasteiger partial charge in [-0.2, -0.15) is 0 Å². The van der Waals surface area contributed by atoms with Gasteiger partial charge in [0.05, 0.1) is 12.2 Å². The number of amides is 2. The maximum absolute atomic E-state index is 12.1. The van der Waals surface area contributed by atoms with Gasteiger partial charge in [0.25, 0.3) is 0 Å². The molecule has 0 aromatic heterocycles. The summed E-state index contributed by atoms with van der Waals surface area (Å²) in [5.74, 6) is 2.06. The Morgan fingerprint density at radius 2 is 1.85 bits per heavy atom. The summed E-state index contributed by atoms with van der Waals surface area (Å²) in [5, 5.41) is 7.74. The van der Waals surface area contributed by atoms with Crippen molar-refractivity contribution in [1.29, 1.82) is 0 Å². The van der Waals surface area contributed by atoms with Gasteiger partial charge in [0, 0.05) is 11.5 Å². The van der Waals surface area contributed by atoms with Crippen molar-refractivity contribution in [2.24, 2.45) is 0 Å². The van der Waals surface area contributed by atoms with Gasteiger partial charge in [-0.15, -0.1) is 0 Å². The molecule has 0 saturated carbocycles. The van der Waals surface area contributed by atoms with Gasteiger partial charge in [-0.1, -0.05) is 36.4 Å². The molecule has 0 atom stereocenters. The van der Waals surface area contributed by atoms with E-state index in [1.54, 1.807) is 12.1 Å². The second-order valence-electron chi connectivity index (χ2n) is 5.77. The molecule has 0 saturated heterocycles. The molecule has 4 rings (SSSR count). The highest BCUT2D eigenvalue weighted by Gasteiger charge is 2.13. The molecule has 0 aliphatic carbocycles. The topological polar surface area (TPSA) is 68.8 Å². The van der Waals surface area contributed by atoms with Gasteiger partial charge in [-0.05, 0) is 23.6 Å². The van der Waals surface area contributed by atoms with Crippen LogP contribution in [-0.2, 0) is 0 Å². The smallest absolute Gasteiger partial charge is 0.319 e. The standard InChI is InChI=1S/C20H18N2O4/c23-20(22-17-7-3-5-14-4-1-2-6-16(14)17)21-10-11-24-15-8-9-18-19(12-15)26-13-25-18/h1-9,12H,10-11,13H2,(H2,21,22,23). The van der Waals surface area contributed by atoms with Crippen LogP contribution in [0.1, 0.15) is 0 Å². The van der Waals surface area contributed by atoms with Gasteiger partial charge in [-0.3, -0.25) is 0 Å². The van der Waals surface area contributed by atoms with E-state index in [0.717, 1.165) is 16.5 Å². The third-order valence-corrected chi connectivity index (χ3v) is 4.04. The van der Waals surface area contributed by atoms with Gasteiger partial charge in [0.15, 0.2) is 11.5 Å². The minimum Gasteiger partial charge on any atom is -0.492 e. The number of carbonyl (C=O) groups is 1. The van der Waals surface area contributed by atoms with Crippen molar-refractivity contribution in [3.63, 3.8) is 0 Å². The van der Waals surface area contributed by atoms with Crippen molar-refractivity contribution in [3.8, 4) is 17.2 Å². The zero-order valence-electron chi connectivity index (χ0n) is 14.0. The molecule has 2 amide bonds. The minimum atomic E-state index is -0.268. The first-order chi connectivity index (χ1) is 12.8. The fourth-order valence-corrected chi connectivity index (χ4v) is 2.80. The number of rotatable bonds is 5. The van der Waals surface area contributed by atoms with Crippen molar-refractivity contribution < 1.29 is 19.0 Å². The van der Waals surface area contributed by atoms with E-state index in [1.807, 2.05) is 48.5 Å². The molecular weight excluding hydrogens is 332 g/mol. The van der Waals surface area contributed by atoms with E-state index >= 15 is 0 Å². The number of ether oxygens (including phenoxy) is 3. The van der Waals surface area contributed by atoms with E-state index in [1.165, 1.54) is 0 Å². The lowest BCUT2D eigenvalue weighted by Crippen LogP contribution is -2.32. The monoisotopic (exact) mass is 350 g/mol. The molecule has 2 N–H and O–H groups in total. The lowest BCUT2D eigenvalue weighted by molar-refractivity contribution is 0.173. The fraction of sp³-hybridized carbons (Fsp3) is 0.150. The molecule has 1 aliphatic rings. The van der Waals surface area contributed by atoms with Crippen molar-refractivity contribution in [2.45, 2.75) is 0 Å². The Labute approximate surface area is 150 Å². The summed E-state index contributed by atoms with van der Waals surface area (Å²) in [6.07, 6.45) is 0. The zero-order valence-corrected chi connectivity index (χ0v) is 14.0. The number of fused-ring (bicyclic) bond motifs is 2. The maximum atomic E-state index is 12.1. The van der Waals surface area contributed by atoms with Crippen LogP contribution in [0, 0.1) is 0 Å². The molecule has 0 radical (unpaired) electrons. The van der Waals surface area contributed by atoms with E-state index in [9.17, 15) is 4.79 Å². The van der Waals surface area contributed by atoms with Crippen molar-refractivity contribution in [2.75, 3.05) is 25.3 Å². The second kappa shape index (κ2) is 7.23. The van der Waals surface area contributed by atoms with E-state index in [2.05, 4.69) is 10.6 Å². The van der Waals surface area contributed by atoms with Crippen LogP contribution >= 0.6 is 0 Å². The Hall–Kier alpha value is -3.41. The van der Waals surface area contributed by atoms with Crippen LogP contribution in [0.5, 0.6) is 17.2 Å². The molecule has 6 heteroatoms. The minimum absolute atomic E-state index is 0.231. The van der Waals surface area contributed by atoms with Gasteiger partial charge < -0.3 is 24.8 Å². The summed E-state index contributed by atoms with van der Waals surface area (Å²) in [6.45, 7) is 0.961. The predicted molar refractivity (Wildman–Crippen MR) is 99.0 cm³/mol. The normalized spacial score (nSPS) is 12.0. The van der Waals surface area contributed by atoms with Gasteiger partial charge >= 0.3 is 6.03 Å². The van der Waals surface area contributed by atoms with Crippen LogP contribution in [0.2, 0.25) is 0 Å².